The number of hydrogen-bond donors (Lipinski definition) is 1. The first kappa shape index (κ1) is 12.9. The highest BCUT2D eigenvalue weighted by Crippen LogP contribution is 2.12. The van der Waals surface area contributed by atoms with E-state index in [0.717, 1.165) is 5.56 Å². The molecule has 0 spiro atoms. The second kappa shape index (κ2) is 5.41. The molecule has 2 rings (SSSR count). The highest BCUT2D eigenvalue weighted by Gasteiger charge is 2.07. The number of rotatable bonds is 5. The first-order valence-electron chi connectivity index (χ1n) is 5.22. The summed E-state index contributed by atoms with van der Waals surface area (Å²) in [5, 5.41) is 3.64. The predicted molar refractivity (Wildman–Crippen MR) is 71.0 cm³/mol. The summed E-state index contributed by atoms with van der Waals surface area (Å²) in [6.07, 6.45) is 3.58. The number of sulfonamides is 1. The summed E-state index contributed by atoms with van der Waals surface area (Å²) in [7, 11) is -3.44. The minimum atomic E-state index is -3.44. The van der Waals surface area contributed by atoms with Gasteiger partial charge in [-0.1, -0.05) is 12.1 Å². The number of halogens is 1. The van der Waals surface area contributed by atoms with Gasteiger partial charge in [0.15, 0.2) is 0 Å². The van der Waals surface area contributed by atoms with Gasteiger partial charge in [-0.25, -0.2) is 8.42 Å². The van der Waals surface area contributed by atoms with Gasteiger partial charge in [-0.05, 0) is 23.8 Å². The van der Waals surface area contributed by atoms with Crippen LogP contribution in [0, 0.1) is 0 Å². The minimum Gasteiger partial charge on any atom is -0.283 e. The molecule has 0 aliphatic rings. The number of alkyl halides is 1. The number of benzene rings is 1. The number of hydrogen-bond acceptors (Lipinski definition) is 3. The second-order valence-electron chi connectivity index (χ2n) is 3.73. The topological polar surface area (TPSA) is 64.0 Å². The molecule has 0 fully saturated rings. The Balaban J connectivity index is 2.06. The number of nitrogens with one attached hydrogen (secondary N) is 1. The quantitative estimate of drug-likeness (QED) is 0.853. The molecule has 0 unspecified atom stereocenters. The van der Waals surface area contributed by atoms with Gasteiger partial charge in [0.1, 0.15) is 5.21 Å². The van der Waals surface area contributed by atoms with E-state index in [1.807, 2.05) is 24.4 Å². The van der Waals surface area contributed by atoms with E-state index in [2.05, 4.69) is 9.82 Å². The van der Waals surface area contributed by atoms with Crippen molar-refractivity contribution in [1.29, 1.82) is 0 Å². The summed E-state index contributed by atoms with van der Waals surface area (Å²) in [5.41, 5.74) is 1.53. The highest BCUT2D eigenvalue weighted by atomic mass is 35.5. The Kier molecular flexibility index (Phi) is 3.88. The lowest BCUT2D eigenvalue weighted by atomic mass is 10.2. The summed E-state index contributed by atoms with van der Waals surface area (Å²) in [6, 6.07) is 8.93. The molecular weight excluding hydrogens is 274 g/mol. The molecular formula is C11H12ClN3O2S. The van der Waals surface area contributed by atoms with Crippen LogP contribution in [0.5, 0.6) is 0 Å². The molecule has 0 amide bonds. The van der Waals surface area contributed by atoms with Crippen molar-refractivity contribution in [2.24, 2.45) is 0 Å². The molecule has 18 heavy (non-hydrogen) atoms. The zero-order valence-electron chi connectivity index (χ0n) is 9.45. The Morgan fingerprint density at radius 1 is 1.28 bits per heavy atom. The standard InChI is InChI=1S/C11H12ClN3O2S/c12-9-18(16,17)14-11-4-2-10(3-5-11)8-15-7-1-6-13-15/h1-7,14H,8-9H2. The van der Waals surface area contributed by atoms with Crippen LogP contribution in [-0.4, -0.2) is 23.4 Å². The van der Waals surface area contributed by atoms with Gasteiger partial charge in [0.2, 0.25) is 10.0 Å². The average Bonchev–Trinajstić information content (AvgIpc) is 2.84. The second-order valence-corrected chi connectivity index (χ2v) is 6.03. The maximum atomic E-state index is 11.3. The largest absolute Gasteiger partial charge is 0.283 e. The molecule has 1 aromatic heterocycles. The summed E-state index contributed by atoms with van der Waals surface area (Å²) in [6.45, 7) is 0.648. The van der Waals surface area contributed by atoms with Crippen LogP contribution in [0.3, 0.4) is 0 Å². The highest BCUT2D eigenvalue weighted by molar-refractivity contribution is 7.93. The first-order chi connectivity index (χ1) is 8.59. The number of aromatic nitrogens is 2. The van der Waals surface area contributed by atoms with Crippen molar-refractivity contribution < 1.29 is 8.42 Å². The summed E-state index contributed by atoms with van der Waals surface area (Å²) >= 11 is 5.31. The number of anilines is 1. The minimum absolute atomic E-state index is 0.456. The molecule has 1 N–H and O–H groups in total. The Bertz CT molecular complexity index is 594. The smallest absolute Gasteiger partial charge is 0.246 e. The fourth-order valence-corrected chi connectivity index (χ4v) is 2.18. The predicted octanol–water partition coefficient (Wildman–Crippen LogP) is 1.87. The van der Waals surface area contributed by atoms with Crippen molar-refractivity contribution in [2.75, 3.05) is 9.93 Å². The van der Waals surface area contributed by atoms with E-state index in [-0.39, 0.29) is 0 Å². The normalized spacial score (nSPS) is 11.4. The molecule has 0 aliphatic heterocycles. The molecule has 0 aliphatic carbocycles. The molecule has 0 radical (unpaired) electrons. The van der Waals surface area contributed by atoms with E-state index in [4.69, 9.17) is 11.6 Å². The van der Waals surface area contributed by atoms with Gasteiger partial charge in [-0.15, -0.1) is 11.6 Å². The fourth-order valence-electron chi connectivity index (χ4n) is 1.47. The zero-order chi connectivity index (χ0) is 13.0. The average molecular weight is 286 g/mol. The molecule has 7 heteroatoms. The van der Waals surface area contributed by atoms with E-state index in [9.17, 15) is 8.42 Å². The summed E-state index contributed by atoms with van der Waals surface area (Å²) < 4.78 is 26.7. The molecule has 0 saturated heterocycles. The van der Waals surface area contributed by atoms with Crippen molar-refractivity contribution in [3.8, 4) is 0 Å². The third-order valence-corrected chi connectivity index (χ3v) is 3.97. The van der Waals surface area contributed by atoms with Crippen LogP contribution in [-0.2, 0) is 16.6 Å². The molecule has 0 atom stereocenters. The SMILES string of the molecule is O=S(=O)(CCl)Nc1ccc(Cn2cccn2)cc1. The summed E-state index contributed by atoms with van der Waals surface area (Å²) in [4.78, 5) is 0. The van der Waals surface area contributed by atoms with Crippen LogP contribution in [0.1, 0.15) is 5.56 Å². The van der Waals surface area contributed by atoms with Crippen molar-refractivity contribution in [3.63, 3.8) is 0 Å². The van der Waals surface area contributed by atoms with Gasteiger partial charge in [0.05, 0.1) is 6.54 Å². The fraction of sp³-hybridized carbons (Fsp3) is 0.182. The maximum absolute atomic E-state index is 11.3. The van der Waals surface area contributed by atoms with E-state index in [1.54, 1.807) is 23.0 Å². The summed E-state index contributed by atoms with van der Waals surface area (Å²) in [5.74, 6) is 0. The molecule has 0 saturated carbocycles. The van der Waals surface area contributed by atoms with Crippen molar-refractivity contribution in [2.45, 2.75) is 6.54 Å². The van der Waals surface area contributed by atoms with Crippen molar-refractivity contribution in [1.82, 2.24) is 9.78 Å². The Labute approximate surface area is 110 Å². The van der Waals surface area contributed by atoms with E-state index in [1.165, 1.54) is 0 Å². The molecule has 5 nitrogen and oxygen atoms in total. The van der Waals surface area contributed by atoms with Crippen molar-refractivity contribution in [3.05, 3.63) is 48.3 Å². The van der Waals surface area contributed by atoms with Crippen molar-refractivity contribution >= 4 is 27.3 Å². The van der Waals surface area contributed by atoms with Gasteiger partial charge in [-0.3, -0.25) is 9.40 Å². The molecule has 0 bridgehead atoms. The van der Waals surface area contributed by atoms with Crippen LogP contribution >= 0.6 is 11.6 Å². The molecule has 1 aromatic carbocycles. The Morgan fingerprint density at radius 3 is 2.56 bits per heavy atom. The first-order valence-corrected chi connectivity index (χ1v) is 7.40. The molecule has 2 aromatic rings. The van der Waals surface area contributed by atoms with E-state index in [0.29, 0.717) is 12.2 Å². The van der Waals surface area contributed by atoms with Gasteiger partial charge in [0, 0.05) is 18.1 Å². The third kappa shape index (κ3) is 3.48. The lowest BCUT2D eigenvalue weighted by Crippen LogP contribution is -2.13. The van der Waals surface area contributed by atoms with Gasteiger partial charge >= 0.3 is 0 Å². The lowest BCUT2D eigenvalue weighted by molar-refractivity contribution is 0.605. The van der Waals surface area contributed by atoms with Gasteiger partial charge < -0.3 is 0 Å². The Hall–Kier alpha value is -1.53. The van der Waals surface area contributed by atoms with Gasteiger partial charge in [-0.2, -0.15) is 5.10 Å². The maximum Gasteiger partial charge on any atom is 0.246 e. The zero-order valence-corrected chi connectivity index (χ0v) is 11.0. The van der Waals surface area contributed by atoms with E-state index < -0.39 is 15.2 Å². The van der Waals surface area contributed by atoms with Crippen LogP contribution in [0.15, 0.2) is 42.7 Å². The third-order valence-electron chi connectivity index (χ3n) is 2.27. The van der Waals surface area contributed by atoms with E-state index >= 15 is 0 Å². The Morgan fingerprint density at radius 2 is 2.00 bits per heavy atom. The van der Waals surface area contributed by atoms with Crippen LogP contribution in [0.2, 0.25) is 0 Å². The van der Waals surface area contributed by atoms with Gasteiger partial charge in [0.25, 0.3) is 0 Å². The van der Waals surface area contributed by atoms with Crippen LogP contribution in [0.4, 0.5) is 5.69 Å². The number of nitrogens with zero attached hydrogens (tertiary/aromatic N) is 2. The molecule has 1 heterocycles. The molecule has 96 valence electrons. The van der Waals surface area contributed by atoms with Crippen LogP contribution < -0.4 is 4.72 Å². The van der Waals surface area contributed by atoms with Crippen LogP contribution in [0.25, 0.3) is 0 Å². The lowest BCUT2D eigenvalue weighted by Gasteiger charge is -2.06. The monoisotopic (exact) mass is 285 g/mol.